The summed E-state index contributed by atoms with van der Waals surface area (Å²) in [4.78, 5) is 0. The lowest BCUT2D eigenvalue weighted by Gasteiger charge is -2.04. The predicted molar refractivity (Wildman–Crippen MR) is 51.4 cm³/mol. The van der Waals surface area contributed by atoms with Gasteiger partial charge in [-0.15, -0.1) is 0 Å². The Balaban J connectivity index is 2.92. The summed E-state index contributed by atoms with van der Waals surface area (Å²) < 4.78 is 26.0. The molecule has 0 amide bonds. The molecule has 13 heavy (non-hydrogen) atoms. The first-order valence-corrected chi connectivity index (χ1v) is 4.78. The van der Waals surface area contributed by atoms with Crippen molar-refractivity contribution in [2.24, 2.45) is 5.73 Å². The molecular weight excluding hydrogens is 240 g/mol. The molecule has 0 aliphatic heterocycles. The second kappa shape index (κ2) is 4.67. The molecule has 0 radical (unpaired) electrons. The van der Waals surface area contributed by atoms with Crippen LogP contribution in [0, 0.1) is 11.6 Å². The molecule has 0 atom stereocenters. The Morgan fingerprint density at radius 3 is 2.62 bits per heavy atom. The van der Waals surface area contributed by atoms with Crippen LogP contribution in [-0.4, -0.2) is 6.54 Å². The minimum Gasteiger partial charge on any atom is -0.330 e. The lowest BCUT2D eigenvalue weighted by molar-refractivity contribution is 0.573. The van der Waals surface area contributed by atoms with Crippen LogP contribution in [-0.2, 0) is 6.42 Å². The van der Waals surface area contributed by atoms with Crippen LogP contribution in [0.5, 0.6) is 0 Å². The third-order valence-electron chi connectivity index (χ3n) is 1.72. The van der Waals surface area contributed by atoms with Gasteiger partial charge in [-0.25, -0.2) is 8.78 Å². The van der Waals surface area contributed by atoms with Crippen LogP contribution in [0.25, 0.3) is 0 Å². The summed E-state index contributed by atoms with van der Waals surface area (Å²) in [6.45, 7) is 0.518. The van der Waals surface area contributed by atoms with Gasteiger partial charge in [0.1, 0.15) is 11.6 Å². The highest BCUT2D eigenvalue weighted by Crippen LogP contribution is 2.23. The second-order valence-corrected chi connectivity index (χ2v) is 3.55. The molecule has 72 valence electrons. The van der Waals surface area contributed by atoms with Crippen LogP contribution in [0.15, 0.2) is 16.6 Å². The van der Waals surface area contributed by atoms with Crippen LogP contribution in [0.3, 0.4) is 0 Å². The van der Waals surface area contributed by atoms with E-state index in [-0.39, 0.29) is 0 Å². The van der Waals surface area contributed by atoms with Crippen molar-refractivity contribution in [2.75, 3.05) is 6.54 Å². The molecule has 0 bridgehead atoms. The van der Waals surface area contributed by atoms with E-state index in [1.54, 1.807) is 0 Å². The Hall–Kier alpha value is -0.480. The summed E-state index contributed by atoms with van der Waals surface area (Å²) in [6, 6.07) is 2.18. The van der Waals surface area contributed by atoms with E-state index in [0.29, 0.717) is 23.0 Å². The van der Waals surface area contributed by atoms with Gasteiger partial charge in [-0.3, -0.25) is 0 Å². The SMILES string of the molecule is NCCCc1cc(F)cc(F)c1Br. The fourth-order valence-electron chi connectivity index (χ4n) is 1.08. The fraction of sp³-hybridized carbons (Fsp3) is 0.333. The van der Waals surface area contributed by atoms with E-state index in [1.807, 2.05) is 0 Å². The maximum Gasteiger partial charge on any atom is 0.140 e. The van der Waals surface area contributed by atoms with Gasteiger partial charge in [0.2, 0.25) is 0 Å². The van der Waals surface area contributed by atoms with Crippen LogP contribution in [0.1, 0.15) is 12.0 Å². The zero-order valence-corrected chi connectivity index (χ0v) is 8.57. The number of aryl methyl sites for hydroxylation is 1. The predicted octanol–water partition coefficient (Wildman–Crippen LogP) is 2.62. The Morgan fingerprint density at radius 2 is 2.00 bits per heavy atom. The maximum absolute atomic E-state index is 12.9. The van der Waals surface area contributed by atoms with Crippen LogP contribution in [0.2, 0.25) is 0 Å². The first-order valence-electron chi connectivity index (χ1n) is 3.98. The zero-order valence-electron chi connectivity index (χ0n) is 6.99. The molecular formula is C9H10BrF2N. The summed E-state index contributed by atoms with van der Waals surface area (Å²) in [5, 5.41) is 0. The van der Waals surface area contributed by atoms with E-state index in [0.717, 1.165) is 12.5 Å². The van der Waals surface area contributed by atoms with Crippen molar-refractivity contribution in [1.82, 2.24) is 0 Å². The molecule has 1 rings (SSSR count). The molecule has 0 spiro atoms. The number of halogens is 3. The van der Waals surface area contributed by atoms with Gasteiger partial charge in [0.05, 0.1) is 4.47 Å². The quantitative estimate of drug-likeness (QED) is 0.820. The first kappa shape index (κ1) is 10.6. The van der Waals surface area contributed by atoms with Crippen molar-refractivity contribution >= 4 is 15.9 Å². The number of hydrogen-bond donors (Lipinski definition) is 1. The van der Waals surface area contributed by atoms with Crippen molar-refractivity contribution in [3.05, 3.63) is 33.8 Å². The molecule has 0 heterocycles. The lowest BCUT2D eigenvalue weighted by Crippen LogP contribution is -2.01. The fourth-order valence-corrected chi connectivity index (χ4v) is 1.51. The van der Waals surface area contributed by atoms with E-state index in [4.69, 9.17) is 5.73 Å². The summed E-state index contributed by atoms with van der Waals surface area (Å²) in [7, 11) is 0. The van der Waals surface area contributed by atoms with Gasteiger partial charge in [0.25, 0.3) is 0 Å². The summed E-state index contributed by atoms with van der Waals surface area (Å²) in [6.07, 6.45) is 1.31. The molecule has 0 aromatic heterocycles. The molecule has 0 fully saturated rings. The molecule has 0 unspecified atom stereocenters. The van der Waals surface area contributed by atoms with Gasteiger partial charge in [0.15, 0.2) is 0 Å². The molecule has 0 saturated heterocycles. The first-order chi connectivity index (χ1) is 6.15. The van der Waals surface area contributed by atoms with Gasteiger partial charge in [-0.2, -0.15) is 0 Å². The highest BCUT2D eigenvalue weighted by atomic mass is 79.9. The van der Waals surface area contributed by atoms with E-state index in [2.05, 4.69) is 15.9 Å². The largest absolute Gasteiger partial charge is 0.330 e. The standard InChI is InChI=1S/C9H10BrF2N/c10-9-6(2-1-3-13)4-7(11)5-8(9)12/h4-5H,1-3,13H2. The maximum atomic E-state index is 12.9. The monoisotopic (exact) mass is 249 g/mol. The summed E-state index contributed by atoms with van der Waals surface area (Å²) in [5.74, 6) is -1.11. The van der Waals surface area contributed by atoms with Gasteiger partial charge < -0.3 is 5.73 Å². The molecule has 2 N–H and O–H groups in total. The smallest absolute Gasteiger partial charge is 0.140 e. The summed E-state index contributed by atoms with van der Waals surface area (Å²) >= 11 is 3.06. The molecule has 0 aliphatic carbocycles. The van der Waals surface area contributed by atoms with Gasteiger partial charge >= 0.3 is 0 Å². The number of benzene rings is 1. The third-order valence-corrected chi connectivity index (χ3v) is 2.61. The topological polar surface area (TPSA) is 26.0 Å². The van der Waals surface area contributed by atoms with Gasteiger partial charge in [-0.05, 0) is 46.9 Å². The van der Waals surface area contributed by atoms with Gasteiger partial charge in [-0.1, -0.05) is 0 Å². The highest BCUT2D eigenvalue weighted by molar-refractivity contribution is 9.10. The molecule has 1 aromatic rings. The van der Waals surface area contributed by atoms with Crippen LogP contribution >= 0.6 is 15.9 Å². The molecule has 0 saturated carbocycles. The molecule has 1 nitrogen and oxygen atoms in total. The van der Waals surface area contributed by atoms with Gasteiger partial charge in [0, 0.05) is 6.07 Å². The Kier molecular flexibility index (Phi) is 3.81. The van der Waals surface area contributed by atoms with Crippen LogP contribution in [0.4, 0.5) is 8.78 Å². The average molecular weight is 250 g/mol. The van der Waals surface area contributed by atoms with E-state index < -0.39 is 11.6 Å². The highest BCUT2D eigenvalue weighted by Gasteiger charge is 2.07. The minimum absolute atomic E-state index is 0.336. The molecule has 0 aliphatic rings. The third kappa shape index (κ3) is 2.74. The van der Waals surface area contributed by atoms with E-state index in [9.17, 15) is 8.78 Å². The zero-order chi connectivity index (χ0) is 9.84. The van der Waals surface area contributed by atoms with Crippen molar-refractivity contribution < 1.29 is 8.78 Å². The number of hydrogen-bond acceptors (Lipinski definition) is 1. The van der Waals surface area contributed by atoms with Crippen molar-refractivity contribution in [1.29, 1.82) is 0 Å². The number of nitrogens with two attached hydrogens (primary N) is 1. The Labute approximate surface area is 84.1 Å². The second-order valence-electron chi connectivity index (χ2n) is 2.75. The van der Waals surface area contributed by atoms with Crippen molar-refractivity contribution in [3.8, 4) is 0 Å². The van der Waals surface area contributed by atoms with Crippen molar-refractivity contribution in [3.63, 3.8) is 0 Å². The average Bonchev–Trinajstić information content (AvgIpc) is 2.09. The summed E-state index contributed by atoms with van der Waals surface area (Å²) in [5.41, 5.74) is 5.93. The van der Waals surface area contributed by atoms with E-state index >= 15 is 0 Å². The number of rotatable bonds is 3. The minimum atomic E-state index is -0.563. The molecule has 1 aromatic carbocycles. The molecule has 4 heteroatoms. The van der Waals surface area contributed by atoms with Crippen molar-refractivity contribution in [2.45, 2.75) is 12.8 Å². The normalized spacial score (nSPS) is 10.5. The van der Waals surface area contributed by atoms with Crippen LogP contribution < -0.4 is 5.73 Å². The lowest BCUT2D eigenvalue weighted by atomic mass is 10.1. The Bertz CT molecular complexity index is 302. The Morgan fingerprint density at radius 1 is 1.31 bits per heavy atom. The van der Waals surface area contributed by atoms with E-state index in [1.165, 1.54) is 6.07 Å².